The Hall–Kier alpha value is -0.970. The first-order valence-corrected chi connectivity index (χ1v) is 4.72. The van der Waals surface area contributed by atoms with Gasteiger partial charge in [-0.1, -0.05) is 13.8 Å². The Morgan fingerprint density at radius 1 is 1.38 bits per heavy atom. The molecule has 0 aliphatic heterocycles. The SMILES string of the molecule is CC(C)c1nnnn1CCCCN. The predicted octanol–water partition coefficient (Wildman–Crippen LogP) is 0.535. The lowest BCUT2D eigenvalue weighted by Gasteiger charge is -2.05. The molecule has 0 unspecified atom stereocenters. The second-order valence-electron chi connectivity index (χ2n) is 3.41. The molecule has 0 aliphatic rings. The number of hydrogen-bond donors (Lipinski definition) is 1. The van der Waals surface area contributed by atoms with Crippen molar-refractivity contribution in [3.63, 3.8) is 0 Å². The third-order valence-corrected chi connectivity index (χ3v) is 1.90. The molecule has 2 N–H and O–H groups in total. The molecule has 0 saturated heterocycles. The van der Waals surface area contributed by atoms with Gasteiger partial charge in [0.25, 0.3) is 0 Å². The molecule has 1 aromatic heterocycles. The summed E-state index contributed by atoms with van der Waals surface area (Å²) in [5, 5.41) is 11.5. The predicted molar refractivity (Wildman–Crippen MR) is 50.2 cm³/mol. The van der Waals surface area contributed by atoms with Gasteiger partial charge in [-0.3, -0.25) is 0 Å². The van der Waals surface area contributed by atoms with Crippen molar-refractivity contribution in [3.05, 3.63) is 5.82 Å². The van der Waals surface area contributed by atoms with Gasteiger partial charge in [-0.25, -0.2) is 4.68 Å². The van der Waals surface area contributed by atoms with Gasteiger partial charge >= 0.3 is 0 Å². The number of aryl methyl sites for hydroxylation is 1. The molecule has 1 heterocycles. The van der Waals surface area contributed by atoms with Crippen LogP contribution in [0.4, 0.5) is 0 Å². The van der Waals surface area contributed by atoms with Crippen LogP contribution in [0.1, 0.15) is 38.4 Å². The smallest absolute Gasteiger partial charge is 0.153 e. The molecule has 13 heavy (non-hydrogen) atoms. The zero-order chi connectivity index (χ0) is 9.68. The summed E-state index contributed by atoms with van der Waals surface area (Å²) in [6, 6.07) is 0. The van der Waals surface area contributed by atoms with E-state index in [0.717, 1.165) is 31.8 Å². The largest absolute Gasteiger partial charge is 0.330 e. The number of nitrogens with two attached hydrogens (primary N) is 1. The maximum atomic E-state index is 5.40. The van der Waals surface area contributed by atoms with Gasteiger partial charge in [0.1, 0.15) is 0 Å². The van der Waals surface area contributed by atoms with Crippen molar-refractivity contribution in [2.45, 2.75) is 39.2 Å². The van der Waals surface area contributed by atoms with E-state index >= 15 is 0 Å². The number of hydrogen-bond acceptors (Lipinski definition) is 4. The summed E-state index contributed by atoms with van der Waals surface area (Å²) in [4.78, 5) is 0. The average Bonchev–Trinajstić information content (AvgIpc) is 2.53. The van der Waals surface area contributed by atoms with Crippen LogP contribution < -0.4 is 5.73 Å². The molecule has 0 amide bonds. The standard InChI is InChI=1S/C8H17N5/c1-7(2)8-10-11-12-13(8)6-4-3-5-9/h7H,3-6,9H2,1-2H3. The Bertz CT molecular complexity index is 242. The van der Waals surface area contributed by atoms with Crippen LogP contribution in [0, 0.1) is 0 Å². The third-order valence-electron chi connectivity index (χ3n) is 1.90. The Kier molecular flexibility index (Phi) is 3.82. The first kappa shape index (κ1) is 10.1. The molecular weight excluding hydrogens is 166 g/mol. The summed E-state index contributed by atoms with van der Waals surface area (Å²) in [7, 11) is 0. The highest BCUT2D eigenvalue weighted by Gasteiger charge is 2.08. The maximum Gasteiger partial charge on any atom is 0.153 e. The molecule has 5 nitrogen and oxygen atoms in total. The minimum Gasteiger partial charge on any atom is -0.330 e. The van der Waals surface area contributed by atoms with E-state index in [1.165, 1.54) is 0 Å². The summed E-state index contributed by atoms with van der Waals surface area (Å²) in [5.74, 6) is 1.34. The molecule has 0 radical (unpaired) electrons. The monoisotopic (exact) mass is 183 g/mol. The zero-order valence-electron chi connectivity index (χ0n) is 8.27. The van der Waals surface area contributed by atoms with Gasteiger partial charge in [0.15, 0.2) is 5.82 Å². The van der Waals surface area contributed by atoms with Gasteiger partial charge in [-0.2, -0.15) is 0 Å². The molecule has 1 rings (SSSR count). The quantitative estimate of drug-likeness (QED) is 0.676. The van der Waals surface area contributed by atoms with Crippen LogP contribution in [0.5, 0.6) is 0 Å². The molecule has 1 aromatic rings. The van der Waals surface area contributed by atoms with Gasteiger partial charge in [0, 0.05) is 12.5 Å². The number of unbranched alkanes of at least 4 members (excludes halogenated alkanes) is 1. The zero-order valence-corrected chi connectivity index (χ0v) is 8.27. The molecule has 0 saturated carbocycles. The fraction of sp³-hybridized carbons (Fsp3) is 0.875. The summed E-state index contributed by atoms with van der Waals surface area (Å²) in [6.45, 7) is 5.78. The van der Waals surface area contributed by atoms with Gasteiger partial charge in [-0.05, 0) is 29.8 Å². The van der Waals surface area contributed by atoms with Crippen LogP contribution >= 0.6 is 0 Å². The van der Waals surface area contributed by atoms with Crippen molar-refractivity contribution in [2.24, 2.45) is 5.73 Å². The molecule has 0 aromatic carbocycles. The Labute approximate surface area is 78.3 Å². The van der Waals surface area contributed by atoms with Crippen LogP contribution in [0.25, 0.3) is 0 Å². The Morgan fingerprint density at radius 2 is 2.15 bits per heavy atom. The van der Waals surface area contributed by atoms with Gasteiger partial charge < -0.3 is 5.73 Å². The highest BCUT2D eigenvalue weighted by molar-refractivity contribution is 4.87. The van der Waals surface area contributed by atoms with Crippen LogP contribution in [0.15, 0.2) is 0 Å². The van der Waals surface area contributed by atoms with E-state index < -0.39 is 0 Å². The average molecular weight is 183 g/mol. The lowest BCUT2D eigenvalue weighted by molar-refractivity contribution is 0.514. The topological polar surface area (TPSA) is 69.6 Å². The van der Waals surface area contributed by atoms with Crippen LogP contribution in [0.2, 0.25) is 0 Å². The number of tetrazole rings is 1. The maximum absolute atomic E-state index is 5.40. The van der Waals surface area contributed by atoms with Crippen molar-refractivity contribution >= 4 is 0 Å². The van der Waals surface area contributed by atoms with Crippen molar-refractivity contribution in [1.82, 2.24) is 20.2 Å². The second kappa shape index (κ2) is 4.91. The lowest BCUT2D eigenvalue weighted by Crippen LogP contribution is -2.09. The molecule has 0 bridgehead atoms. The van der Waals surface area contributed by atoms with Crippen LogP contribution in [-0.4, -0.2) is 26.8 Å². The summed E-state index contributed by atoms with van der Waals surface area (Å²) < 4.78 is 1.86. The Balaban J connectivity index is 2.50. The van der Waals surface area contributed by atoms with E-state index in [-0.39, 0.29) is 0 Å². The second-order valence-corrected chi connectivity index (χ2v) is 3.41. The van der Waals surface area contributed by atoms with Crippen molar-refractivity contribution in [3.8, 4) is 0 Å². The van der Waals surface area contributed by atoms with Crippen LogP contribution in [0.3, 0.4) is 0 Å². The minimum absolute atomic E-state index is 0.382. The van der Waals surface area contributed by atoms with Crippen molar-refractivity contribution < 1.29 is 0 Å². The van der Waals surface area contributed by atoms with E-state index in [1.54, 1.807) is 0 Å². The highest BCUT2D eigenvalue weighted by Crippen LogP contribution is 2.09. The first-order valence-electron chi connectivity index (χ1n) is 4.72. The fourth-order valence-corrected chi connectivity index (χ4v) is 1.19. The van der Waals surface area contributed by atoms with Gasteiger partial charge in [0.05, 0.1) is 0 Å². The van der Waals surface area contributed by atoms with E-state index in [1.807, 2.05) is 4.68 Å². The highest BCUT2D eigenvalue weighted by atomic mass is 15.5. The molecule has 5 heteroatoms. The fourth-order valence-electron chi connectivity index (χ4n) is 1.19. The summed E-state index contributed by atoms with van der Waals surface area (Å²) in [5.41, 5.74) is 5.40. The lowest BCUT2D eigenvalue weighted by atomic mass is 10.2. The summed E-state index contributed by atoms with van der Waals surface area (Å²) in [6.07, 6.45) is 2.07. The van der Waals surface area contributed by atoms with E-state index in [9.17, 15) is 0 Å². The molecular formula is C8H17N5. The van der Waals surface area contributed by atoms with Gasteiger partial charge in [-0.15, -0.1) is 5.10 Å². The van der Waals surface area contributed by atoms with Crippen LogP contribution in [-0.2, 0) is 6.54 Å². The molecule has 0 spiro atoms. The Morgan fingerprint density at radius 3 is 2.77 bits per heavy atom. The molecule has 0 fully saturated rings. The number of rotatable bonds is 5. The molecule has 0 atom stereocenters. The molecule has 0 aliphatic carbocycles. The molecule has 74 valence electrons. The van der Waals surface area contributed by atoms with E-state index in [4.69, 9.17) is 5.73 Å². The van der Waals surface area contributed by atoms with Crippen molar-refractivity contribution in [1.29, 1.82) is 0 Å². The number of nitrogens with zero attached hydrogens (tertiary/aromatic N) is 4. The number of aromatic nitrogens is 4. The first-order chi connectivity index (χ1) is 6.25. The minimum atomic E-state index is 0.382. The summed E-state index contributed by atoms with van der Waals surface area (Å²) >= 11 is 0. The third kappa shape index (κ3) is 2.77. The normalized spacial score (nSPS) is 11.1. The van der Waals surface area contributed by atoms with Crippen molar-refractivity contribution in [2.75, 3.05) is 6.54 Å². The van der Waals surface area contributed by atoms with Gasteiger partial charge in [0.2, 0.25) is 0 Å². The van der Waals surface area contributed by atoms with E-state index in [2.05, 4.69) is 29.4 Å². The van der Waals surface area contributed by atoms with E-state index in [0.29, 0.717) is 5.92 Å².